The van der Waals surface area contributed by atoms with E-state index in [1.165, 1.54) is 5.56 Å². The minimum absolute atomic E-state index is 1.08. The van der Waals surface area contributed by atoms with Gasteiger partial charge in [0, 0.05) is 37.2 Å². The highest BCUT2D eigenvalue weighted by Crippen LogP contribution is 2.12. The minimum atomic E-state index is 1.08. The molecule has 2 rings (SSSR count). The normalized spacial score (nSPS) is 18.4. The van der Waals surface area contributed by atoms with E-state index in [2.05, 4.69) is 50.4 Å². The SMILES string of the molecule is Brc1ccc(CN2CCNCC2)cc1. The van der Waals surface area contributed by atoms with Gasteiger partial charge in [-0.3, -0.25) is 4.90 Å². The Bertz CT molecular complexity index is 278. The van der Waals surface area contributed by atoms with E-state index < -0.39 is 0 Å². The number of nitrogens with one attached hydrogen (secondary N) is 1. The predicted octanol–water partition coefficient (Wildman–Crippen LogP) is 1.85. The molecule has 1 aromatic rings. The maximum atomic E-state index is 3.45. The van der Waals surface area contributed by atoms with Gasteiger partial charge in [-0.25, -0.2) is 0 Å². The lowest BCUT2D eigenvalue weighted by molar-refractivity contribution is 0.233. The highest BCUT2D eigenvalue weighted by atomic mass is 79.9. The second kappa shape index (κ2) is 4.91. The van der Waals surface area contributed by atoms with Crippen LogP contribution in [0, 0.1) is 0 Å². The van der Waals surface area contributed by atoms with Crippen molar-refractivity contribution in [3.63, 3.8) is 0 Å². The summed E-state index contributed by atoms with van der Waals surface area (Å²) in [5, 5.41) is 3.36. The zero-order valence-corrected chi connectivity index (χ0v) is 9.76. The van der Waals surface area contributed by atoms with Crippen LogP contribution in [-0.4, -0.2) is 31.1 Å². The zero-order chi connectivity index (χ0) is 9.80. The molecule has 1 saturated heterocycles. The third-order valence-corrected chi connectivity index (χ3v) is 3.06. The molecule has 0 atom stereocenters. The highest BCUT2D eigenvalue weighted by Gasteiger charge is 2.09. The van der Waals surface area contributed by atoms with Gasteiger partial charge in [-0.15, -0.1) is 0 Å². The smallest absolute Gasteiger partial charge is 0.0234 e. The Hall–Kier alpha value is -0.380. The van der Waals surface area contributed by atoms with Crippen molar-refractivity contribution < 1.29 is 0 Å². The van der Waals surface area contributed by atoms with Crippen LogP contribution in [0.15, 0.2) is 28.7 Å². The van der Waals surface area contributed by atoms with Crippen LogP contribution in [0.1, 0.15) is 5.56 Å². The molecule has 0 aliphatic carbocycles. The molecule has 1 heterocycles. The number of nitrogens with zero attached hydrogens (tertiary/aromatic N) is 1. The van der Waals surface area contributed by atoms with E-state index in [1.54, 1.807) is 0 Å². The van der Waals surface area contributed by atoms with Crippen LogP contribution in [0.4, 0.5) is 0 Å². The molecule has 14 heavy (non-hydrogen) atoms. The molecular weight excluding hydrogens is 240 g/mol. The summed E-state index contributed by atoms with van der Waals surface area (Å²) in [6, 6.07) is 8.59. The topological polar surface area (TPSA) is 15.3 Å². The van der Waals surface area contributed by atoms with Gasteiger partial charge in [-0.2, -0.15) is 0 Å². The quantitative estimate of drug-likeness (QED) is 0.867. The lowest BCUT2D eigenvalue weighted by Gasteiger charge is -2.27. The molecule has 76 valence electrons. The van der Waals surface area contributed by atoms with Crippen molar-refractivity contribution in [2.75, 3.05) is 26.2 Å². The summed E-state index contributed by atoms with van der Waals surface area (Å²) in [7, 11) is 0. The second-order valence-electron chi connectivity index (χ2n) is 3.65. The van der Waals surface area contributed by atoms with Crippen LogP contribution in [0.5, 0.6) is 0 Å². The molecule has 0 bridgehead atoms. The molecule has 0 amide bonds. The average molecular weight is 255 g/mol. The van der Waals surface area contributed by atoms with Gasteiger partial charge < -0.3 is 5.32 Å². The fourth-order valence-electron chi connectivity index (χ4n) is 1.72. The van der Waals surface area contributed by atoms with Crippen LogP contribution < -0.4 is 5.32 Å². The van der Waals surface area contributed by atoms with Crippen LogP contribution >= 0.6 is 15.9 Å². The Labute approximate surface area is 93.4 Å². The molecule has 2 nitrogen and oxygen atoms in total. The summed E-state index contributed by atoms with van der Waals surface area (Å²) in [4.78, 5) is 2.49. The maximum absolute atomic E-state index is 3.45. The van der Waals surface area contributed by atoms with Crippen molar-refractivity contribution in [3.8, 4) is 0 Å². The molecule has 1 fully saturated rings. The van der Waals surface area contributed by atoms with Gasteiger partial charge in [0.15, 0.2) is 0 Å². The van der Waals surface area contributed by atoms with Crippen molar-refractivity contribution in [2.45, 2.75) is 6.54 Å². The zero-order valence-electron chi connectivity index (χ0n) is 8.17. The minimum Gasteiger partial charge on any atom is -0.314 e. The van der Waals surface area contributed by atoms with Gasteiger partial charge in [0.05, 0.1) is 0 Å². The lowest BCUT2D eigenvalue weighted by atomic mass is 10.2. The Morgan fingerprint density at radius 1 is 1.14 bits per heavy atom. The summed E-state index contributed by atoms with van der Waals surface area (Å²) in [5.41, 5.74) is 1.40. The number of piperazine rings is 1. The number of benzene rings is 1. The van der Waals surface area contributed by atoms with Crippen LogP contribution in [-0.2, 0) is 6.54 Å². The Kier molecular flexibility index (Phi) is 3.56. The lowest BCUT2D eigenvalue weighted by Crippen LogP contribution is -2.42. The number of rotatable bonds is 2. The van der Waals surface area contributed by atoms with Gasteiger partial charge in [0.25, 0.3) is 0 Å². The van der Waals surface area contributed by atoms with E-state index in [1.807, 2.05) is 0 Å². The summed E-state index contributed by atoms with van der Waals surface area (Å²) in [6.45, 7) is 5.65. The molecule has 0 aromatic heterocycles. The van der Waals surface area contributed by atoms with Crippen LogP contribution in [0.25, 0.3) is 0 Å². The Balaban J connectivity index is 1.92. The fraction of sp³-hybridized carbons (Fsp3) is 0.455. The molecular formula is C11H15BrN2. The third-order valence-electron chi connectivity index (χ3n) is 2.53. The van der Waals surface area contributed by atoms with Gasteiger partial charge in [-0.05, 0) is 17.7 Å². The molecule has 1 aliphatic rings. The molecule has 0 radical (unpaired) electrons. The number of halogens is 1. The summed E-state index contributed by atoms with van der Waals surface area (Å²) >= 11 is 3.45. The van der Waals surface area contributed by atoms with Crippen molar-refractivity contribution in [1.82, 2.24) is 10.2 Å². The number of hydrogen-bond acceptors (Lipinski definition) is 2. The molecule has 0 saturated carbocycles. The molecule has 3 heteroatoms. The fourth-order valence-corrected chi connectivity index (χ4v) is 1.98. The van der Waals surface area contributed by atoms with E-state index in [-0.39, 0.29) is 0 Å². The summed E-state index contributed by atoms with van der Waals surface area (Å²) in [5.74, 6) is 0. The standard InChI is InChI=1S/C11H15BrN2/c12-11-3-1-10(2-4-11)9-14-7-5-13-6-8-14/h1-4,13H,5-9H2. The Morgan fingerprint density at radius 2 is 1.79 bits per heavy atom. The first-order chi connectivity index (χ1) is 6.84. The average Bonchev–Trinajstić information content (AvgIpc) is 2.23. The summed E-state index contributed by atoms with van der Waals surface area (Å²) in [6.07, 6.45) is 0. The van der Waals surface area contributed by atoms with E-state index in [0.29, 0.717) is 0 Å². The molecule has 1 aromatic carbocycles. The van der Waals surface area contributed by atoms with Crippen molar-refractivity contribution in [3.05, 3.63) is 34.3 Å². The van der Waals surface area contributed by atoms with E-state index >= 15 is 0 Å². The molecule has 1 N–H and O–H groups in total. The maximum Gasteiger partial charge on any atom is 0.0234 e. The third kappa shape index (κ3) is 2.80. The van der Waals surface area contributed by atoms with Crippen molar-refractivity contribution >= 4 is 15.9 Å². The Morgan fingerprint density at radius 3 is 2.43 bits per heavy atom. The van der Waals surface area contributed by atoms with Gasteiger partial charge in [-0.1, -0.05) is 28.1 Å². The molecule has 1 aliphatic heterocycles. The first-order valence-electron chi connectivity index (χ1n) is 5.02. The van der Waals surface area contributed by atoms with Gasteiger partial charge >= 0.3 is 0 Å². The first kappa shape index (κ1) is 10.1. The van der Waals surface area contributed by atoms with Gasteiger partial charge in [0.1, 0.15) is 0 Å². The first-order valence-corrected chi connectivity index (χ1v) is 5.81. The van der Waals surface area contributed by atoms with Crippen LogP contribution in [0.3, 0.4) is 0 Å². The van der Waals surface area contributed by atoms with Crippen LogP contribution in [0.2, 0.25) is 0 Å². The van der Waals surface area contributed by atoms with Crippen molar-refractivity contribution in [1.29, 1.82) is 0 Å². The van der Waals surface area contributed by atoms with Crippen molar-refractivity contribution in [2.24, 2.45) is 0 Å². The molecule has 0 unspecified atom stereocenters. The molecule has 0 spiro atoms. The number of hydrogen-bond donors (Lipinski definition) is 1. The van der Waals surface area contributed by atoms with Gasteiger partial charge in [0.2, 0.25) is 0 Å². The second-order valence-corrected chi connectivity index (χ2v) is 4.57. The van der Waals surface area contributed by atoms with E-state index in [4.69, 9.17) is 0 Å². The van der Waals surface area contributed by atoms with E-state index in [0.717, 1.165) is 37.2 Å². The highest BCUT2D eigenvalue weighted by molar-refractivity contribution is 9.10. The monoisotopic (exact) mass is 254 g/mol. The van der Waals surface area contributed by atoms with E-state index in [9.17, 15) is 0 Å². The summed E-state index contributed by atoms with van der Waals surface area (Å²) < 4.78 is 1.15. The largest absolute Gasteiger partial charge is 0.314 e. The predicted molar refractivity (Wildman–Crippen MR) is 62.3 cm³/mol.